The largest absolute Gasteiger partial charge is 0.368 e. The number of aryl methyl sites for hydroxylation is 1. The first kappa shape index (κ1) is 20.2. The molecule has 7 nitrogen and oxygen atoms in total. The predicted molar refractivity (Wildman–Crippen MR) is 119 cm³/mol. The molecule has 2 aliphatic rings. The van der Waals surface area contributed by atoms with Gasteiger partial charge in [0, 0.05) is 38.2 Å². The molecule has 2 aromatic heterocycles. The maximum absolute atomic E-state index is 13.2. The maximum atomic E-state index is 13.2. The van der Waals surface area contributed by atoms with E-state index in [1.165, 1.54) is 16.9 Å². The number of amides is 2. The zero-order valence-electron chi connectivity index (χ0n) is 17.6. The zero-order valence-corrected chi connectivity index (χ0v) is 18.4. The molecule has 2 amide bonds. The minimum absolute atomic E-state index is 0.0380. The molecule has 5 rings (SSSR count). The number of hydrogen-bond acceptors (Lipinski definition) is 5. The Balaban J connectivity index is 1.28. The van der Waals surface area contributed by atoms with Gasteiger partial charge in [-0.3, -0.25) is 14.3 Å². The summed E-state index contributed by atoms with van der Waals surface area (Å²) >= 11 is 1.50. The highest BCUT2D eigenvalue weighted by atomic mass is 32.1. The second-order valence-electron chi connectivity index (χ2n) is 8.18. The van der Waals surface area contributed by atoms with Crippen LogP contribution in [0.4, 0.5) is 0 Å². The van der Waals surface area contributed by atoms with Crippen LogP contribution in [0.25, 0.3) is 10.2 Å². The van der Waals surface area contributed by atoms with E-state index >= 15 is 0 Å². The van der Waals surface area contributed by atoms with Crippen LogP contribution in [0.15, 0.2) is 36.4 Å². The lowest BCUT2D eigenvalue weighted by Crippen LogP contribution is -2.52. The summed E-state index contributed by atoms with van der Waals surface area (Å²) in [6.45, 7) is 5.58. The van der Waals surface area contributed by atoms with Crippen LogP contribution in [-0.4, -0.2) is 70.3 Å². The Bertz CT molecular complexity index is 1090. The molecule has 2 fully saturated rings. The van der Waals surface area contributed by atoms with Crippen molar-refractivity contribution in [2.24, 2.45) is 0 Å². The first-order chi connectivity index (χ1) is 15.1. The van der Waals surface area contributed by atoms with Crippen molar-refractivity contribution in [1.82, 2.24) is 19.6 Å². The van der Waals surface area contributed by atoms with Crippen LogP contribution in [0, 0.1) is 6.92 Å². The lowest BCUT2D eigenvalue weighted by molar-refractivity contribution is -0.142. The van der Waals surface area contributed by atoms with Crippen LogP contribution < -0.4 is 0 Å². The Morgan fingerprint density at radius 2 is 1.87 bits per heavy atom. The summed E-state index contributed by atoms with van der Waals surface area (Å²) < 4.78 is 7.51. The molecule has 0 N–H and O–H groups in total. The molecule has 8 heteroatoms. The summed E-state index contributed by atoms with van der Waals surface area (Å²) in [6, 6.07) is 12.2. The van der Waals surface area contributed by atoms with Gasteiger partial charge in [0.2, 0.25) is 0 Å². The summed E-state index contributed by atoms with van der Waals surface area (Å²) in [5.74, 6) is 0.110. The molecule has 3 aromatic rings. The standard InChI is InChI=1S/C23H26N4O3S/c1-16-18-14-20(31-23(18)27(24-16)15-17-6-3-2-4-7-17)22(29)26-11-9-25(10-12-26)21(28)19-8-5-13-30-19/h2-4,6-7,14,19H,5,8-13,15H2,1H3. The predicted octanol–water partition coefficient (Wildman–Crippen LogP) is 2.92. The van der Waals surface area contributed by atoms with Gasteiger partial charge in [0.05, 0.1) is 17.1 Å². The fourth-order valence-electron chi connectivity index (χ4n) is 4.34. The normalized spacial score (nSPS) is 19.3. The Hall–Kier alpha value is -2.71. The van der Waals surface area contributed by atoms with Crippen molar-refractivity contribution in [3.05, 3.63) is 52.5 Å². The zero-order chi connectivity index (χ0) is 21.4. The van der Waals surface area contributed by atoms with Gasteiger partial charge in [-0.05, 0) is 31.4 Å². The third-order valence-corrected chi connectivity index (χ3v) is 7.21. The van der Waals surface area contributed by atoms with E-state index in [0.717, 1.165) is 33.6 Å². The minimum Gasteiger partial charge on any atom is -0.368 e. The molecule has 0 radical (unpaired) electrons. The van der Waals surface area contributed by atoms with Crippen molar-refractivity contribution in [3.8, 4) is 0 Å². The van der Waals surface area contributed by atoms with Crippen molar-refractivity contribution < 1.29 is 14.3 Å². The van der Waals surface area contributed by atoms with Crippen molar-refractivity contribution >= 4 is 33.4 Å². The number of benzene rings is 1. The minimum atomic E-state index is -0.291. The number of carbonyl (C=O) groups excluding carboxylic acids is 2. The summed E-state index contributed by atoms with van der Waals surface area (Å²) in [4.78, 5) is 31.2. The topological polar surface area (TPSA) is 67.7 Å². The summed E-state index contributed by atoms with van der Waals surface area (Å²) in [5, 5.41) is 5.71. The number of nitrogens with zero attached hydrogens (tertiary/aromatic N) is 4. The smallest absolute Gasteiger partial charge is 0.264 e. The molecule has 0 saturated carbocycles. The number of piperazine rings is 1. The van der Waals surface area contributed by atoms with Gasteiger partial charge >= 0.3 is 0 Å². The van der Waals surface area contributed by atoms with Gasteiger partial charge in [0.25, 0.3) is 11.8 Å². The molecule has 4 heterocycles. The molecule has 1 atom stereocenters. The molecule has 0 bridgehead atoms. The fourth-order valence-corrected chi connectivity index (χ4v) is 5.47. The number of fused-ring (bicyclic) bond motifs is 1. The van der Waals surface area contributed by atoms with Crippen molar-refractivity contribution in [2.75, 3.05) is 32.8 Å². The Kier molecular flexibility index (Phi) is 5.50. The molecular formula is C23H26N4O3S. The summed E-state index contributed by atoms with van der Waals surface area (Å²) in [5.41, 5.74) is 2.12. The van der Waals surface area contributed by atoms with Gasteiger partial charge in [-0.1, -0.05) is 30.3 Å². The average Bonchev–Trinajstić information content (AvgIpc) is 3.53. The van der Waals surface area contributed by atoms with Crippen LogP contribution in [0.1, 0.15) is 33.8 Å². The van der Waals surface area contributed by atoms with E-state index in [-0.39, 0.29) is 17.9 Å². The van der Waals surface area contributed by atoms with Crippen LogP contribution in [0.3, 0.4) is 0 Å². The summed E-state index contributed by atoms with van der Waals surface area (Å²) in [6.07, 6.45) is 1.46. The third-order valence-electron chi connectivity index (χ3n) is 6.08. The number of rotatable bonds is 4. The summed E-state index contributed by atoms with van der Waals surface area (Å²) in [7, 11) is 0. The SMILES string of the molecule is Cc1nn(Cc2ccccc2)c2sc(C(=O)N3CCN(C(=O)C4CCCO4)CC3)cc12. The van der Waals surface area contributed by atoms with Gasteiger partial charge in [-0.25, -0.2) is 0 Å². The first-order valence-electron chi connectivity index (χ1n) is 10.8. The molecule has 2 aliphatic heterocycles. The molecule has 2 saturated heterocycles. The number of hydrogen-bond donors (Lipinski definition) is 0. The van der Waals surface area contributed by atoms with Crippen LogP contribution >= 0.6 is 11.3 Å². The van der Waals surface area contributed by atoms with Gasteiger partial charge in [-0.15, -0.1) is 11.3 Å². The lowest BCUT2D eigenvalue weighted by atomic mass is 10.2. The van der Waals surface area contributed by atoms with E-state index in [2.05, 4.69) is 17.2 Å². The highest BCUT2D eigenvalue weighted by Crippen LogP contribution is 2.30. The van der Waals surface area contributed by atoms with Crippen molar-refractivity contribution in [1.29, 1.82) is 0 Å². The highest BCUT2D eigenvalue weighted by Gasteiger charge is 2.32. The highest BCUT2D eigenvalue weighted by molar-refractivity contribution is 7.20. The van der Waals surface area contributed by atoms with Gasteiger partial charge in [0.15, 0.2) is 0 Å². The number of carbonyl (C=O) groups is 2. The van der Waals surface area contributed by atoms with Gasteiger partial charge in [0.1, 0.15) is 10.9 Å². The number of ether oxygens (including phenoxy) is 1. The van der Waals surface area contributed by atoms with E-state index in [4.69, 9.17) is 4.74 Å². The van der Waals surface area contributed by atoms with E-state index in [1.54, 1.807) is 0 Å². The molecular weight excluding hydrogens is 412 g/mol. The molecule has 1 unspecified atom stereocenters. The van der Waals surface area contributed by atoms with E-state index in [1.807, 2.05) is 45.7 Å². The van der Waals surface area contributed by atoms with E-state index < -0.39 is 0 Å². The quantitative estimate of drug-likeness (QED) is 0.628. The Morgan fingerprint density at radius 3 is 2.58 bits per heavy atom. The number of aromatic nitrogens is 2. The maximum Gasteiger partial charge on any atom is 0.264 e. The number of thiophene rings is 1. The monoisotopic (exact) mass is 438 g/mol. The van der Waals surface area contributed by atoms with Crippen LogP contribution in [-0.2, 0) is 16.1 Å². The average molecular weight is 439 g/mol. The van der Waals surface area contributed by atoms with Crippen molar-refractivity contribution in [2.45, 2.75) is 32.4 Å². The first-order valence-corrected chi connectivity index (χ1v) is 11.6. The van der Waals surface area contributed by atoms with Gasteiger partial charge in [-0.2, -0.15) is 5.10 Å². The lowest BCUT2D eigenvalue weighted by Gasteiger charge is -2.35. The molecule has 0 spiro atoms. The van der Waals surface area contributed by atoms with E-state index in [9.17, 15) is 9.59 Å². The van der Waals surface area contributed by atoms with Gasteiger partial charge < -0.3 is 14.5 Å². The van der Waals surface area contributed by atoms with Crippen LogP contribution in [0.5, 0.6) is 0 Å². The second kappa shape index (κ2) is 8.43. The van der Waals surface area contributed by atoms with E-state index in [0.29, 0.717) is 39.3 Å². The van der Waals surface area contributed by atoms with Crippen LogP contribution in [0.2, 0.25) is 0 Å². The molecule has 1 aromatic carbocycles. The fraction of sp³-hybridized carbons (Fsp3) is 0.435. The van der Waals surface area contributed by atoms with Crippen molar-refractivity contribution in [3.63, 3.8) is 0 Å². The second-order valence-corrected chi connectivity index (χ2v) is 9.21. The third kappa shape index (κ3) is 3.97. The Morgan fingerprint density at radius 1 is 1.13 bits per heavy atom. The molecule has 0 aliphatic carbocycles. The molecule has 31 heavy (non-hydrogen) atoms. The molecule has 162 valence electrons. The Labute approximate surface area is 185 Å².